The number of nitrogens with zero attached hydrogens (tertiary/aromatic N) is 1. The molecule has 0 saturated carbocycles. The number of hydrogen-bond acceptors (Lipinski definition) is 3. The van der Waals surface area contributed by atoms with E-state index in [4.69, 9.17) is 11.6 Å². The van der Waals surface area contributed by atoms with Gasteiger partial charge in [-0.2, -0.15) is 13.2 Å². The van der Waals surface area contributed by atoms with Crippen LogP contribution < -0.4 is 5.32 Å². The summed E-state index contributed by atoms with van der Waals surface area (Å²) in [4.78, 5) is 2.95. The van der Waals surface area contributed by atoms with Gasteiger partial charge in [-0.25, -0.2) is 0 Å². The minimum Gasteiger partial charge on any atom is -0.314 e. The highest BCUT2D eigenvalue weighted by Crippen LogP contribution is 2.43. The van der Waals surface area contributed by atoms with Crippen LogP contribution in [0.5, 0.6) is 0 Å². The molecule has 0 spiro atoms. The second-order valence-corrected chi connectivity index (χ2v) is 6.79. The van der Waals surface area contributed by atoms with Crippen molar-refractivity contribution in [3.8, 4) is 0 Å². The van der Waals surface area contributed by atoms with Crippen molar-refractivity contribution in [3.63, 3.8) is 0 Å². The van der Waals surface area contributed by atoms with E-state index >= 15 is 0 Å². The van der Waals surface area contributed by atoms with Crippen LogP contribution in [-0.4, -0.2) is 31.1 Å². The van der Waals surface area contributed by atoms with E-state index in [9.17, 15) is 13.2 Å². The van der Waals surface area contributed by atoms with Gasteiger partial charge >= 0.3 is 6.18 Å². The molecule has 2 heterocycles. The van der Waals surface area contributed by atoms with Gasteiger partial charge in [0.2, 0.25) is 0 Å². The summed E-state index contributed by atoms with van der Waals surface area (Å²) < 4.78 is 40.5. The Hall–Kier alpha value is -0.790. The first kappa shape index (κ1) is 19.5. The normalized spacial score (nSPS) is 17.3. The fourth-order valence-corrected chi connectivity index (χ4v) is 4.10. The fraction of sp³-hybridized carbons (Fsp3) is 0.375. The van der Waals surface area contributed by atoms with Crippen molar-refractivity contribution in [1.29, 1.82) is 0 Å². The van der Waals surface area contributed by atoms with Crippen molar-refractivity contribution in [2.75, 3.05) is 26.2 Å². The maximum absolute atomic E-state index is 13.5. The summed E-state index contributed by atoms with van der Waals surface area (Å²) in [5.41, 5.74) is -0.493. The molecule has 2 aromatic rings. The third-order valence-electron chi connectivity index (χ3n) is 3.96. The van der Waals surface area contributed by atoms with Gasteiger partial charge in [-0.1, -0.05) is 23.7 Å². The highest BCUT2D eigenvalue weighted by molar-refractivity contribution is 7.10. The van der Waals surface area contributed by atoms with E-state index < -0.39 is 17.8 Å². The Bertz CT molecular complexity index is 656. The predicted octanol–water partition coefficient (Wildman–Crippen LogP) is 4.84. The largest absolute Gasteiger partial charge is 0.416 e. The number of rotatable bonds is 3. The van der Waals surface area contributed by atoms with E-state index in [0.29, 0.717) is 13.1 Å². The SMILES string of the molecule is Cl.FC(F)(F)c1cccc(Cl)c1[C@@H](c1cccs1)N1CCNCC1. The van der Waals surface area contributed by atoms with Gasteiger partial charge in [0.05, 0.1) is 11.6 Å². The molecule has 1 fully saturated rings. The Labute approximate surface area is 154 Å². The van der Waals surface area contributed by atoms with Gasteiger partial charge in [0.1, 0.15) is 0 Å². The molecule has 1 aromatic heterocycles. The molecule has 1 aliphatic heterocycles. The molecule has 0 radical (unpaired) electrons. The minimum absolute atomic E-state index is 0. The third-order valence-corrected chi connectivity index (χ3v) is 5.22. The average Bonchev–Trinajstić information content (AvgIpc) is 3.03. The molecule has 1 aromatic carbocycles. The van der Waals surface area contributed by atoms with Gasteiger partial charge in [0, 0.05) is 41.6 Å². The lowest BCUT2D eigenvalue weighted by Gasteiger charge is -2.36. The molecule has 0 aliphatic carbocycles. The van der Waals surface area contributed by atoms with Crippen molar-refractivity contribution >= 4 is 35.3 Å². The van der Waals surface area contributed by atoms with Gasteiger partial charge in [-0.3, -0.25) is 4.90 Å². The number of hydrogen-bond donors (Lipinski definition) is 1. The summed E-state index contributed by atoms with van der Waals surface area (Å²) in [6.07, 6.45) is -4.43. The van der Waals surface area contributed by atoms with Gasteiger partial charge in [0.25, 0.3) is 0 Å². The highest BCUT2D eigenvalue weighted by Gasteiger charge is 2.38. The van der Waals surface area contributed by atoms with Crippen molar-refractivity contribution < 1.29 is 13.2 Å². The van der Waals surface area contributed by atoms with Crippen LogP contribution in [0, 0.1) is 0 Å². The maximum atomic E-state index is 13.5. The van der Waals surface area contributed by atoms with E-state index in [0.717, 1.165) is 24.0 Å². The molecule has 0 bridgehead atoms. The van der Waals surface area contributed by atoms with Crippen LogP contribution in [0.4, 0.5) is 13.2 Å². The lowest BCUT2D eigenvalue weighted by atomic mass is 9.96. The zero-order chi connectivity index (χ0) is 16.4. The van der Waals surface area contributed by atoms with Crippen molar-refractivity contribution in [1.82, 2.24) is 10.2 Å². The summed E-state index contributed by atoms with van der Waals surface area (Å²) in [5, 5.41) is 5.28. The molecule has 0 unspecified atom stereocenters. The predicted molar refractivity (Wildman–Crippen MR) is 94.3 cm³/mol. The first-order chi connectivity index (χ1) is 11.0. The van der Waals surface area contributed by atoms with Crippen LogP contribution in [0.3, 0.4) is 0 Å². The molecule has 1 saturated heterocycles. The summed E-state index contributed by atoms with van der Waals surface area (Å²) in [6, 6.07) is 7.28. The molecule has 2 nitrogen and oxygen atoms in total. The summed E-state index contributed by atoms with van der Waals surface area (Å²) >= 11 is 7.69. The molecular weight excluding hydrogens is 380 g/mol. The van der Waals surface area contributed by atoms with Crippen molar-refractivity contribution in [2.24, 2.45) is 0 Å². The standard InChI is InChI=1S/C16H16ClF3N2S.ClH/c17-12-4-1-3-11(16(18,19)20)14(12)15(13-5-2-10-23-13)22-8-6-21-7-9-22;/h1-5,10,15,21H,6-9H2;1H/t15-;/m1./s1. The topological polar surface area (TPSA) is 15.3 Å². The van der Waals surface area contributed by atoms with Crippen LogP contribution in [0.15, 0.2) is 35.7 Å². The third kappa shape index (κ3) is 4.06. The number of piperazine rings is 1. The Morgan fingerprint density at radius 1 is 1.12 bits per heavy atom. The smallest absolute Gasteiger partial charge is 0.314 e. The summed E-state index contributed by atoms with van der Waals surface area (Å²) in [7, 11) is 0. The molecule has 24 heavy (non-hydrogen) atoms. The van der Waals surface area contributed by atoms with Gasteiger partial charge in [-0.15, -0.1) is 23.7 Å². The van der Waals surface area contributed by atoms with Crippen molar-refractivity contribution in [3.05, 3.63) is 56.7 Å². The van der Waals surface area contributed by atoms with Gasteiger partial charge in [0.15, 0.2) is 0 Å². The maximum Gasteiger partial charge on any atom is 0.416 e. The van der Waals surface area contributed by atoms with Crippen LogP contribution in [0.1, 0.15) is 22.0 Å². The Morgan fingerprint density at radius 3 is 2.42 bits per heavy atom. The van der Waals surface area contributed by atoms with E-state index in [2.05, 4.69) is 10.2 Å². The van der Waals surface area contributed by atoms with Gasteiger partial charge < -0.3 is 5.32 Å². The van der Waals surface area contributed by atoms with E-state index in [-0.39, 0.29) is 23.0 Å². The van der Waals surface area contributed by atoms with E-state index in [1.54, 1.807) is 0 Å². The molecule has 3 rings (SSSR count). The monoisotopic (exact) mass is 396 g/mol. The molecule has 1 atom stereocenters. The van der Waals surface area contributed by atoms with E-state index in [1.807, 2.05) is 17.5 Å². The number of nitrogens with one attached hydrogen (secondary N) is 1. The lowest BCUT2D eigenvalue weighted by Crippen LogP contribution is -2.45. The first-order valence-corrected chi connectivity index (χ1v) is 8.58. The number of thiophene rings is 1. The Balaban J connectivity index is 0.00000208. The first-order valence-electron chi connectivity index (χ1n) is 7.32. The van der Waals surface area contributed by atoms with Crippen LogP contribution >= 0.6 is 35.3 Å². The summed E-state index contributed by atoms with van der Waals surface area (Å²) in [5.74, 6) is 0. The highest BCUT2D eigenvalue weighted by atomic mass is 35.5. The molecule has 132 valence electrons. The quantitative estimate of drug-likeness (QED) is 0.798. The van der Waals surface area contributed by atoms with Crippen LogP contribution in [0.2, 0.25) is 5.02 Å². The molecule has 1 N–H and O–H groups in total. The summed E-state index contributed by atoms with van der Waals surface area (Å²) in [6.45, 7) is 2.89. The number of benzene rings is 1. The van der Waals surface area contributed by atoms with Gasteiger partial charge in [-0.05, 0) is 23.6 Å². The Kier molecular flexibility index (Phi) is 6.56. The molecule has 1 aliphatic rings. The second-order valence-electron chi connectivity index (χ2n) is 5.40. The minimum atomic E-state index is -4.43. The zero-order valence-corrected chi connectivity index (χ0v) is 15.0. The molecule has 0 amide bonds. The lowest BCUT2D eigenvalue weighted by molar-refractivity contribution is -0.138. The van der Waals surface area contributed by atoms with Crippen LogP contribution in [-0.2, 0) is 6.18 Å². The van der Waals surface area contributed by atoms with Crippen LogP contribution in [0.25, 0.3) is 0 Å². The van der Waals surface area contributed by atoms with Crippen molar-refractivity contribution in [2.45, 2.75) is 12.2 Å². The zero-order valence-electron chi connectivity index (χ0n) is 12.6. The molecular formula is C16H17Cl2F3N2S. The number of halogens is 5. The average molecular weight is 397 g/mol. The second kappa shape index (κ2) is 8.06. The number of alkyl halides is 3. The molecule has 8 heteroatoms. The fourth-order valence-electron chi connectivity index (χ4n) is 2.95. The Morgan fingerprint density at radius 2 is 1.83 bits per heavy atom. The van der Waals surface area contributed by atoms with E-state index in [1.165, 1.54) is 23.5 Å².